The van der Waals surface area contributed by atoms with Crippen LogP contribution in [-0.4, -0.2) is 28.6 Å². The second-order valence-electron chi connectivity index (χ2n) is 3.58. The zero-order valence-corrected chi connectivity index (χ0v) is 10.1. The number of nitrogens with one attached hydrogen (secondary N) is 1. The van der Waals surface area contributed by atoms with Gasteiger partial charge in [-0.05, 0) is 18.7 Å². The summed E-state index contributed by atoms with van der Waals surface area (Å²) in [5.74, 6) is 0.762. The van der Waals surface area contributed by atoms with Crippen molar-refractivity contribution in [2.45, 2.75) is 13.5 Å². The SMILES string of the molecule is CCNCc1cnn(-c2ccccc2OC)n1. The van der Waals surface area contributed by atoms with Gasteiger partial charge in [0.15, 0.2) is 0 Å². The van der Waals surface area contributed by atoms with E-state index in [0.717, 1.165) is 30.2 Å². The van der Waals surface area contributed by atoms with Crippen LogP contribution in [0.25, 0.3) is 5.69 Å². The molecule has 1 N–H and O–H groups in total. The smallest absolute Gasteiger partial charge is 0.146 e. The zero-order chi connectivity index (χ0) is 12.1. The summed E-state index contributed by atoms with van der Waals surface area (Å²) in [6.45, 7) is 3.71. The largest absolute Gasteiger partial charge is 0.494 e. The highest BCUT2D eigenvalue weighted by Crippen LogP contribution is 2.20. The monoisotopic (exact) mass is 232 g/mol. The van der Waals surface area contributed by atoms with Crippen molar-refractivity contribution in [3.8, 4) is 11.4 Å². The molecule has 0 atom stereocenters. The molecular formula is C12H16N4O. The van der Waals surface area contributed by atoms with E-state index in [1.165, 1.54) is 0 Å². The van der Waals surface area contributed by atoms with E-state index in [2.05, 4.69) is 22.4 Å². The molecule has 5 nitrogen and oxygen atoms in total. The minimum Gasteiger partial charge on any atom is -0.494 e. The molecule has 0 fully saturated rings. The third-order valence-corrected chi connectivity index (χ3v) is 2.40. The Morgan fingerprint density at radius 1 is 1.35 bits per heavy atom. The number of hydrogen-bond donors (Lipinski definition) is 1. The quantitative estimate of drug-likeness (QED) is 0.846. The summed E-state index contributed by atoms with van der Waals surface area (Å²) in [5.41, 5.74) is 1.76. The van der Waals surface area contributed by atoms with Gasteiger partial charge >= 0.3 is 0 Å². The second kappa shape index (κ2) is 5.45. The number of aromatic nitrogens is 3. The fourth-order valence-electron chi connectivity index (χ4n) is 1.54. The molecule has 0 aliphatic heterocycles. The first-order valence-electron chi connectivity index (χ1n) is 5.60. The molecule has 2 rings (SSSR count). The molecule has 0 saturated carbocycles. The maximum atomic E-state index is 5.27. The van der Waals surface area contributed by atoms with Gasteiger partial charge in [0.25, 0.3) is 0 Å². The number of para-hydroxylation sites is 2. The molecule has 0 unspecified atom stereocenters. The fourth-order valence-corrected chi connectivity index (χ4v) is 1.54. The van der Waals surface area contributed by atoms with Crippen LogP contribution < -0.4 is 10.1 Å². The summed E-state index contributed by atoms with van der Waals surface area (Å²) >= 11 is 0. The summed E-state index contributed by atoms with van der Waals surface area (Å²) < 4.78 is 5.27. The predicted molar refractivity (Wildman–Crippen MR) is 65.3 cm³/mol. The zero-order valence-electron chi connectivity index (χ0n) is 10.1. The van der Waals surface area contributed by atoms with Crippen molar-refractivity contribution in [1.82, 2.24) is 20.3 Å². The lowest BCUT2D eigenvalue weighted by Crippen LogP contribution is -2.12. The minimum absolute atomic E-state index is 0.728. The summed E-state index contributed by atoms with van der Waals surface area (Å²) in [6.07, 6.45) is 1.76. The Kier molecular flexibility index (Phi) is 3.72. The van der Waals surface area contributed by atoms with E-state index in [1.54, 1.807) is 18.1 Å². The van der Waals surface area contributed by atoms with Crippen LogP contribution in [0.1, 0.15) is 12.6 Å². The number of ether oxygens (including phenoxy) is 1. The maximum absolute atomic E-state index is 5.27. The number of rotatable bonds is 5. The molecule has 0 aliphatic carbocycles. The molecule has 2 aromatic rings. The number of methoxy groups -OCH3 is 1. The standard InChI is InChI=1S/C12H16N4O/c1-3-13-8-10-9-14-16(15-10)11-6-4-5-7-12(11)17-2/h4-7,9,13H,3,8H2,1-2H3. The van der Waals surface area contributed by atoms with E-state index in [4.69, 9.17) is 4.74 Å². The van der Waals surface area contributed by atoms with Gasteiger partial charge in [-0.2, -0.15) is 10.2 Å². The highest BCUT2D eigenvalue weighted by molar-refractivity contribution is 5.44. The third kappa shape index (κ3) is 2.62. The van der Waals surface area contributed by atoms with Crippen molar-refractivity contribution >= 4 is 0 Å². The first kappa shape index (κ1) is 11.6. The van der Waals surface area contributed by atoms with Gasteiger partial charge in [0.1, 0.15) is 11.4 Å². The number of nitrogens with zero attached hydrogens (tertiary/aromatic N) is 3. The highest BCUT2D eigenvalue weighted by Gasteiger charge is 2.07. The molecule has 90 valence electrons. The molecule has 1 aromatic heterocycles. The summed E-state index contributed by atoms with van der Waals surface area (Å²) in [6, 6.07) is 7.68. The topological polar surface area (TPSA) is 52.0 Å². The average molecular weight is 232 g/mol. The third-order valence-electron chi connectivity index (χ3n) is 2.40. The molecule has 0 amide bonds. The van der Waals surface area contributed by atoms with E-state index in [9.17, 15) is 0 Å². The van der Waals surface area contributed by atoms with Crippen LogP contribution in [0.3, 0.4) is 0 Å². The average Bonchev–Trinajstić information content (AvgIpc) is 2.85. The van der Waals surface area contributed by atoms with Crippen LogP contribution in [-0.2, 0) is 6.54 Å². The van der Waals surface area contributed by atoms with E-state index in [0.29, 0.717) is 0 Å². The van der Waals surface area contributed by atoms with Crippen molar-refractivity contribution < 1.29 is 4.74 Å². The summed E-state index contributed by atoms with van der Waals surface area (Å²) in [4.78, 5) is 1.59. The number of hydrogen-bond acceptors (Lipinski definition) is 4. The number of benzene rings is 1. The van der Waals surface area contributed by atoms with E-state index >= 15 is 0 Å². The molecular weight excluding hydrogens is 216 g/mol. The Bertz CT molecular complexity index is 481. The van der Waals surface area contributed by atoms with Gasteiger partial charge in [-0.3, -0.25) is 0 Å². The normalized spacial score (nSPS) is 10.5. The highest BCUT2D eigenvalue weighted by atomic mass is 16.5. The van der Waals surface area contributed by atoms with Crippen LogP contribution in [0, 0.1) is 0 Å². The van der Waals surface area contributed by atoms with Crippen LogP contribution >= 0.6 is 0 Å². The van der Waals surface area contributed by atoms with Gasteiger partial charge in [0, 0.05) is 6.54 Å². The second-order valence-corrected chi connectivity index (χ2v) is 3.58. The van der Waals surface area contributed by atoms with E-state index in [-0.39, 0.29) is 0 Å². The van der Waals surface area contributed by atoms with Crippen molar-refractivity contribution in [2.75, 3.05) is 13.7 Å². The molecule has 1 aromatic carbocycles. The van der Waals surface area contributed by atoms with Gasteiger partial charge in [-0.1, -0.05) is 19.1 Å². The fraction of sp³-hybridized carbons (Fsp3) is 0.333. The van der Waals surface area contributed by atoms with Crippen molar-refractivity contribution in [3.63, 3.8) is 0 Å². The van der Waals surface area contributed by atoms with Gasteiger partial charge in [-0.25, -0.2) is 0 Å². The molecule has 0 spiro atoms. The molecule has 1 heterocycles. The summed E-state index contributed by atoms with van der Waals surface area (Å²) in [7, 11) is 1.64. The predicted octanol–water partition coefficient (Wildman–Crippen LogP) is 1.39. The Balaban J connectivity index is 2.24. The maximum Gasteiger partial charge on any atom is 0.146 e. The molecule has 0 aliphatic rings. The molecule has 0 saturated heterocycles. The Morgan fingerprint density at radius 3 is 2.94 bits per heavy atom. The molecule has 5 heteroatoms. The lowest BCUT2D eigenvalue weighted by Gasteiger charge is -2.05. The van der Waals surface area contributed by atoms with Crippen LogP contribution in [0.2, 0.25) is 0 Å². The Morgan fingerprint density at radius 2 is 2.18 bits per heavy atom. The van der Waals surface area contributed by atoms with Gasteiger partial charge in [-0.15, -0.1) is 4.80 Å². The van der Waals surface area contributed by atoms with Crippen LogP contribution in [0.4, 0.5) is 0 Å². The lowest BCUT2D eigenvalue weighted by atomic mass is 10.3. The molecule has 17 heavy (non-hydrogen) atoms. The van der Waals surface area contributed by atoms with Gasteiger partial charge in [0.2, 0.25) is 0 Å². The van der Waals surface area contributed by atoms with Crippen molar-refractivity contribution in [1.29, 1.82) is 0 Å². The van der Waals surface area contributed by atoms with Crippen molar-refractivity contribution in [2.24, 2.45) is 0 Å². The van der Waals surface area contributed by atoms with E-state index in [1.807, 2.05) is 24.3 Å². The van der Waals surface area contributed by atoms with Crippen molar-refractivity contribution in [3.05, 3.63) is 36.2 Å². The van der Waals surface area contributed by atoms with E-state index < -0.39 is 0 Å². The first-order chi connectivity index (χ1) is 8.35. The summed E-state index contributed by atoms with van der Waals surface area (Å²) in [5, 5.41) is 11.8. The van der Waals surface area contributed by atoms with Crippen LogP contribution in [0.5, 0.6) is 5.75 Å². The minimum atomic E-state index is 0.728. The van der Waals surface area contributed by atoms with Crippen LogP contribution in [0.15, 0.2) is 30.5 Å². The molecule has 0 radical (unpaired) electrons. The Labute approximate surface area is 100 Å². The lowest BCUT2D eigenvalue weighted by molar-refractivity contribution is 0.410. The van der Waals surface area contributed by atoms with Gasteiger partial charge < -0.3 is 10.1 Å². The Hall–Kier alpha value is -1.88. The molecule has 0 bridgehead atoms. The first-order valence-corrected chi connectivity index (χ1v) is 5.60. The van der Waals surface area contributed by atoms with Gasteiger partial charge in [0.05, 0.1) is 19.0 Å².